The first-order valence-electron chi connectivity index (χ1n) is 5.86. The van der Waals surface area contributed by atoms with E-state index in [2.05, 4.69) is 15.4 Å². The number of nitrogens with two attached hydrogens (primary N) is 1. The second kappa shape index (κ2) is 5.62. The molecule has 0 unspecified atom stereocenters. The number of anilines is 1. The molecule has 0 spiro atoms. The van der Waals surface area contributed by atoms with Crippen molar-refractivity contribution in [2.75, 3.05) is 12.5 Å². The van der Waals surface area contributed by atoms with Crippen LogP contribution in [0, 0.1) is 5.82 Å². The standard InChI is InChI=1S/C13H15FN4O/c1-3-9-7-12(18-15)17-13(16-9)8-4-5-11(19-2)10(14)6-8/h4-7H,3,15H2,1-2H3,(H,16,17,18). The lowest BCUT2D eigenvalue weighted by atomic mass is 10.2. The molecular weight excluding hydrogens is 247 g/mol. The van der Waals surface area contributed by atoms with Gasteiger partial charge in [0, 0.05) is 17.3 Å². The maximum atomic E-state index is 13.7. The Bertz CT molecular complexity index is 567. The van der Waals surface area contributed by atoms with Gasteiger partial charge in [-0.25, -0.2) is 20.2 Å². The molecule has 100 valence electrons. The molecule has 1 aromatic heterocycles. The molecule has 1 heterocycles. The van der Waals surface area contributed by atoms with Gasteiger partial charge in [-0.05, 0) is 24.6 Å². The lowest BCUT2D eigenvalue weighted by Gasteiger charge is -2.08. The molecule has 1 aromatic carbocycles. The minimum absolute atomic E-state index is 0.188. The van der Waals surface area contributed by atoms with Gasteiger partial charge in [0.15, 0.2) is 17.4 Å². The molecule has 2 rings (SSSR count). The largest absolute Gasteiger partial charge is 0.494 e. The van der Waals surface area contributed by atoms with Gasteiger partial charge in [0.1, 0.15) is 5.82 Å². The van der Waals surface area contributed by atoms with Crippen LogP contribution in [-0.2, 0) is 6.42 Å². The van der Waals surface area contributed by atoms with Crippen molar-refractivity contribution in [3.63, 3.8) is 0 Å². The first-order chi connectivity index (χ1) is 9.17. The maximum absolute atomic E-state index is 13.7. The molecule has 0 amide bonds. The van der Waals surface area contributed by atoms with Crippen LogP contribution < -0.4 is 16.0 Å². The smallest absolute Gasteiger partial charge is 0.165 e. The number of aromatic nitrogens is 2. The zero-order chi connectivity index (χ0) is 13.8. The van der Waals surface area contributed by atoms with Crippen LogP contribution in [0.2, 0.25) is 0 Å². The predicted octanol–water partition coefficient (Wildman–Crippen LogP) is 2.14. The summed E-state index contributed by atoms with van der Waals surface area (Å²) in [5.74, 6) is 6.02. The molecule has 0 fully saturated rings. The summed E-state index contributed by atoms with van der Waals surface area (Å²) in [6, 6.07) is 6.34. The summed E-state index contributed by atoms with van der Waals surface area (Å²) in [4.78, 5) is 8.56. The van der Waals surface area contributed by atoms with E-state index in [-0.39, 0.29) is 5.75 Å². The highest BCUT2D eigenvalue weighted by Gasteiger charge is 2.09. The van der Waals surface area contributed by atoms with Crippen molar-refractivity contribution >= 4 is 5.82 Å². The van der Waals surface area contributed by atoms with E-state index in [1.54, 1.807) is 18.2 Å². The van der Waals surface area contributed by atoms with E-state index in [1.165, 1.54) is 13.2 Å². The van der Waals surface area contributed by atoms with E-state index in [4.69, 9.17) is 10.6 Å². The maximum Gasteiger partial charge on any atom is 0.165 e. The number of halogens is 1. The highest BCUT2D eigenvalue weighted by Crippen LogP contribution is 2.24. The van der Waals surface area contributed by atoms with E-state index in [1.807, 2.05) is 6.92 Å². The molecule has 2 aromatic rings. The van der Waals surface area contributed by atoms with Gasteiger partial charge in [-0.1, -0.05) is 6.92 Å². The Morgan fingerprint density at radius 3 is 2.68 bits per heavy atom. The fourth-order valence-electron chi connectivity index (χ4n) is 1.69. The van der Waals surface area contributed by atoms with Crippen LogP contribution in [0.1, 0.15) is 12.6 Å². The Kier molecular flexibility index (Phi) is 3.91. The number of hydrogen-bond acceptors (Lipinski definition) is 5. The molecule has 0 saturated heterocycles. The van der Waals surface area contributed by atoms with Crippen molar-refractivity contribution in [1.29, 1.82) is 0 Å². The van der Waals surface area contributed by atoms with Gasteiger partial charge in [0.05, 0.1) is 7.11 Å². The molecule has 0 aliphatic rings. The van der Waals surface area contributed by atoms with Crippen molar-refractivity contribution in [2.24, 2.45) is 5.84 Å². The van der Waals surface area contributed by atoms with E-state index >= 15 is 0 Å². The highest BCUT2D eigenvalue weighted by molar-refractivity contribution is 5.59. The van der Waals surface area contributed by atoms with Gasteiger partial charge in [-0.15, -0.1) is 0 Å². The zero-order valence-corrected chi connectivity index (χ0v) is 10.8. The summed E-state index contributed by atoms with van der Waals surface area (Å²) in [6.45, 7) is 1.97. The third-order valence-electron chi connectivity index (χ3n) is 2.70. The number of hydrazine groups is 1. The number of ether oxygens (including phenoxy) is 1. The summed E-state index contributed by atoms with van der Waals surface area (Å²) < 4.78 is 18.6. The van der Waals surface area contributed by atoms with Gasteiger partial charge < -0.3 is 10.2 Å². The molecular formula is C13H15FN4O. The Balaban J connectivity index is 2.48. The first kappa shape index (κ1) is 13.2. The zero-order valence-electron chi connectivity index (χ0n) is 10.8. The lowest BCUT2D eigenvalue weighted by Crippen LogP contribution is -2.10. The molecule has 6 heteroatoms. The van der Waals surface area contributed by atoms with Crippen LogP contribution in [0.3, 0.4) is 0 Å². The average Bonchev–Trinajstić information content (AvgIpc) is 2.46. The molecule has 0 bridgehead atoms. The van der Waals surface area contributed by atoms with Crippen LogP contribution in [0.4, 0.5) is 10.2 Å². The predicted molar refractivity (Wildman–Crippen MR) is 71.2 cm³/mol. The normalized spacial score (nSPS) is 10.3. The van der Waals surface area contributed by atoms with Crippen LogP contribution in [-0.4, -0.2) is 17.1 Å². The summed E-state index contributed by atoms with van der Waals surface area (Å²) >= 11 is 0. The number of nitrogen functional groups attached to an aromatic ring is 1. The minimum atomic E-state index is -0.451. The third kappa shape index (κ3) is 2.79. The number of benzene rings is 1. The van der Waals surface area contributed by atoms with Crippen LogP contribution in [0.25, 0.3) is 11.4 Å². The monoisotopic (exact) mass is 262 g/mol. The third-order valence-corrected chi connectivity index (χ3v) is 2.70. The molecule has 3 N–H and O–H groups in total. The van der Waals surface area contributed by atoms with Crippen molar-refractivity contribution in [1.82, 2.24) is 9.97 Å². The number of aryl methyl sites for hydroxylation is 1. The summed E-state index contributed by atoms with van der Waals surface area (Å²) in [7, 11) is 1.42. The van der Waals surface area contributed by atoms with Crippen molar-refractivity contribution in [3.8, 4) is 17.1 Å². The molecule has 0 atom stereocenters. The van der Waals surface area contributed by atoms with Gasteiger partial charge in [0.25, 0.3) is 0 Å². The van der Waals surface area contributed by atoms with Gasteiger partial charge in [0.2, 0.25) is 0 Å². The SMILES string of the molecule is CCc1cc(NN)nc(-c2ccc(OC)c(F)c2)n1. The van der Waals surface area contributed by atoms with Crippen molar-refractivity contribution in [3.05, 3.63) is 35.8 Å². The van der Waals surface area contributed by atoms with Gasteiger partial charge >= 0.3 is 0 Å². The fraction of sp³-hybridized carbons (Fsp3) is 0.231. The second-order valence-corrected chi connectivity index (χ2v) is 3.92. The molecule has 5 nitrogen and oxygen atoms in total. The summed E-state index contributed by atoms with van der Waals surface area (Å²) in [6.07, 6.45) is 0.739. The number of methoxy groups -OCH3 is 1. The van der Waals surface area contributed by atoms with Gasteiger partial charge in [-0.2, -0.15) is 0 Å². The average molecular weight is 262 g/mol. The van der Waals surface area contributed by atoms with Crippen LogP contribution >= 0.6 is 0 Å². The lowest BCUT2D eigenvalue weighted by molar-refractivity contribution is 0.386. The highest BCUT2D eigenvalue weighted by atomic mass is 19.1. The fourth-order valence-corrected chi connectivity index (χ4v) is 1.69. The summed E-state index contributed by atoms with van der Waals surface area (Å²) in [5.41, 5.74) is 3.88. The van der Waals surface area contributed by atoms with E-state index in [9.17, 15) is 4.39 Å². The molecule has 0 aliphatic carbocycles. The quantitative estimate of drug-likeness (QED) is 0.652. The van der Waals surface area contributed by atoms with Gasteiger partial charge in [-0.3, -0.25) is 0 Å². The molecule has 0 radical (unpaired) electrons. The molecule has 0 aliphatic heterocycles. The summed E-state index contributed by atoms with van der Waals surface area (Å²) in [5, 5.41) is 0. The number of nitrogens with zero attached hydrogens (tertiary/aromatic N) is 2. The number of hydrogen-bond donors (Lipinski definition) is 2. The molecule has 0 saturated carbocycles. The Hall–Kier alpha value is -2.21. The minimum Gasteiger partial charge on any atom is -0.494 e. The Morgan fingerprint density at radius 2 is 2.11 bits per heavy atom. The van der Waals surface area contributed by atoms with E-state index in [0.29, 0.717) is 17.2 Å². The van der Waals surface area contributed by atoms with E-state index < -0.39 is 5.82 Å². The number of rotatable bonds is 4. The van der Waals surface area contributed by atoms with Crippen molar-refractivity contribution < 1.29 is 9.13 Å². The van der Waals surface area contributed by atoms with Crippen LogP contribution in [0.15, 0.2) is 24.3 Å². The van der Waals surface area contributed by atoms with E-state index in [0.717, 1.165) is 12.1 Å². The second-order valence-electron chi connectivity index (χ2n) is 3.92. The van der Waals surface area contributed by atoms with Crippen LogP contribution in [0.5, 0.6) is 5.75 Å². The topological polar surface area (TPSA) is 73.1 Å². The Morgan fingerprint density at radius 1 is 1.32 bits per heavy atom. The van der Waals surface area contributed by atoms with Crippen molar-refractivity contribution in [2.45, 2.75) is 13.3 Å². The Labute approximate surface area is 110 Å². The molecule has 19 heavy (non-hydrogen) atoms. The number of nitrogens with one attached hydrogen (secondary N) is 1. The first-order valence-corrected chi connectivity index (χ1v) is 5.86.